The van der Waals surface area contributed by atoms with Crippen LogP contribution in [-0.2, 0) is 0 Å². The van der Waals surface area contributed by atoms with Gasteiger partial charge in [-0.1, -0.05) is 164 Å². The average molecular weight is 795 g/mol. The van der Waals surface area contributed by atoms with Gasteiger partial charge >= 0.3 is 0 Å². The Kier molecular flexibility index (Phi) is 8.38. The summed E-state index contributed by atoms with van der Waals surface area (Å²) in [7, 11) is 0. The molecular weight excluding hydrogens is 761 g/mol. The summed E-state index contributed by atoms with van der Waals surface area (Å²) in [6.07, 6.45) is 3.74. The first-order valence-electron chi connectivity index (χ1n) is 20.6. The molecule has 0 atom stereocenters. The second kappa shape index (κ2) is 14.7. The maximum absolute atomic E-state index is 6.74. The third-order valence-corrected chi connectivity index (χ3v) is 11.7. The fourth-order valence-corrected chi connectivity index (χ4v) is 8.61. The zero-order valence-corrected chi connectivity index (χ0v) is 33.2. The number of aromatic nitrogens is 4. The molecule has 4 aromatic heterocycles. The molecule has 0 radical (unpaired) electrons. The van der Waals surface area contributed by atoms with E-state index in [0.29, 0.717) is 11.6 Å². The maximum atomic E-state index is 6.74. The molecule has 0 spiro atoms. The van der Waals surface area contributed by atoms with Crippen molar-refractivity contribution >= 4 is 43.9 Å². The minimum atomic E-state index is 0.648. The van der Waals surface area contributed by atoms with Crippen LogP contribution >= 0.6 is 0 Å². The largest absolute Gasteiger partial charge is 0.456 e. The van der Waals surface area contributed by atoms with E-state index in [4.69, 9.17) is 18.8 Å². The summed E-state index contributed by atoms with van der Waals surface area (Å²) in [5.41, 5.74) is 15.3. The first-order chi connectivity index (χ1) is 30.7. The minimum absolute atomic E-state index is 0.648. The quantitative estimate of drug-likeness (QED) is 0.160. The summed E-state index contributed by atoms with van der Waals surface area (Å²) in [5, 5.41) is 4.32. The van der Waals surface area contributed by atoms with Gasteiger partial charge in [-0.15, -0.1) is 0 Å². The van der Waals surface area contributed by atoms with Crippen LogP contribution in [-0.4, -0.2) is 19.9 Å². The van der Waals surface area contributed by atoms with Crippen LogP contribution in [0.5, 0.6) is 0 Å². The normalized spacial score (nSPS) is 11.5. The van der Waals surface area contributed by atoms with Gasteiger partial charge < -0.3 is 8.83 Å². The zero-order valence-electron chi connectivity index (χ0n) is 33.2. The highest BCUT2D eigenvalue weighted by Gasteiger charge is 2.21. The number of rotatable bonds is 7. The molecular formula is C56H34N4O2. The number of hydrogen-bond donors (Lipinski definition) is 0. The zero-order chi connectivity index (χ0) is 41.0. The van der Waals surface area contributed by atoms with Crippen molar-refractivity contribution in [2.75, 3.05) is 0 Å². The summed E-state index contributed by atoms with van der Waals surface area (Å²) in [6, 6.07) is 66.4. The van der Waals surface area contributed by atoms with E-state index in [1.807, 2.05) is 91.3 Å². The highest BCUT2D eigenvalue weighted by molar-refractivity contribution is 6.20. The molecule has 0 aliphatic heterocycles. The molecule has 4 heterocycles. The fraction of sp³-hybridized carbons (Fsp3) is 0. The van der Waals surface area contributed by atoms with Crippen molar-refractivity contribution in [1.82, 2.24) is 19.9 Å². The van der Waals surface area contributed by atoms with Crippen LogP contribution in [0, 0.1) is 0 Å². The minimum Gasteiger partial charge on any atom is -0.456 e. The van der Waals surface area contributed by atoms with Crippen LogP contribution in [0.25, 0.3) is 123 Å². The van der Waals surface area contributed by atoms with Gasteiger partial charge in [0.2, 0.25) is 0 Å². The van der Waals surface area contributed by atoms with Gasteiger partial charge in [0.25, 0.3) is 0 Å². The molecule has 0 N–H and O–H groups in total. The van der Waals surface area contributed by atoms with Gasteiger partial charge in [0.15, 0.2) is 11.6 Å². The van der Waals surface area contributed by atoms with Gasteiger partial charge in [0.05, 0.1) is 11.4 Å². The first-order valence-corrected chi connectivity index (χ1v) is 20.6. The summed E-state index contributed by atoms with van der Waals surface area (Å²) in [6.45, 7) is 0. The summed E-state index contributed by atoms with van der Waals surface area (Å²) < 4.78 is 13.0. The van der Waals surface area contributed by atoms with Crippen molar-refractivity contribution in [2.24, 2.45) is 0 Å². The Morgan fingerprint density at radius 2 is 0.823 bits per heavy atom. The molecule has 0 amide bonds. The van der Waals surface area contributed by atoms with E-state index in [0.717, 1.165) is 111 Å². The molecule has 0 fully saturated rings. The Bertz CT molecular complexity index is 3600. The number of benzene rings is 8. The second-order valence-electron chi connectivity index (χ2n) is 15.4. The third-order valence-electron chi connectivity index (χ3n) is 11.7. The molecule has 0 aliphatic carbocycles. The average Bonchev–Trinajstić information content (AvgIpc) is 3.94. The molecule has 12 aromatic rings. The van der Waals surface area contributed by atoms with E-state index < -0.39 is 0 Å². The molecule has 62 heavy (non-hydrogen) atoms. The molecule has 0 unspecified atom stereocenters. The Hall–Kier alpha value is -8.48. The summed E-state index contributed by atoms with van der Waals surface area (Å²) >= 11 is 0. The van der Waals surface area contributed by atoms with E-state index in [-0.39, 0.29) is 0 Å². The number of furan rings is 2. The smallest absolute Gasteiger partial charge is 0.160 e. The molecule has 6 nitrogen and oxygen atoms in total. The monoisotopic (exact) mass is 794 g/mol. The van der Waals surface area contributed by atoms with Crippen LogP contribution in [0.15, 0.2) is 215 Å². The first kappa shape index (κ1) is 35.5. The molecule has 0 saturated carbocycles. The van der Waals surface area contributed by atoms with Crippen LogP contribution in [0.4, 0.5) is 0 Å². The Balaban J connectivity index is 0.924. The van der Waals surface area contributed by atoms with Gasteiger partial charge in [-0.05, 0) is 52.6 Å². The van der Waals surface area contributed by atoms with Gasteiger partial charge in [-0.3, -0.25) is 0 Å². The van der Waals surface area contributed by atoms with Crippen molar-refractivity contribution in [3.63, 3.8) is 0 Å². The van der Waals surface area contributed by atoms with Crippen molar-refractivity contribution in [1.29, 1.82) is 0 Å². The fourth-order valence-electron chi connectivity index (χ4n) is 8.61. The lowest BCUT2D eigenvalue weighted by atomic mass is 9.92. The van der Waals surface area contributed by atoms with Crippen LogP contribution < -0.4 is 0 Å². The molecule has 0 saturated heterocycles. The van der Waals surface area contributed by atoms with Crippen molar-refractivity contribution in [3.05, 3.63) is 207 Å². The van der Waals surface area contributed by atoms with Crippen molar-refractivity contribution in [3.8, 4) is 78.7 Å². The Labute approximate surface area is 356 Å². The molecule has 0 bridgehead atoms. The molecule has 0 aliphatic rings. The molecule has 6 heteroatoms. The highest BCUT2D eigenvalue weighted by Crippen LogP contribution is 2.45. The van der Waals surface area contributed by atoms with E-state index in [1.54, 1.807) is 0 Å². The lowest BCUT2D eigenvalue weighted by Gasteiger charge is -2.12. The third kappa shape index (κ3) is 6.13. The van der Waals surface area contributed by atoms with E-state index >= 15 is 0 Å². The lowest BCUT2D eigenvalue weighted by molar-refractivity contribution is 0.668. The predicted molar refractivity (Wildman–Crippen MR) is 250 cm³/mol. The Morgan fingerprint density at radius 3 is 1.53 bits per heavy atom. The van der Waals surface area contributed by atoms with Crippen LogP contribution in [0.3, 0.4) is 0 Å². The Morgan fingerprint density at radius 1 is 0.306 bits per heavy atom. The molecule has 8 aromatic carbocycles. The predicted octanol–water partition coefficient (Wildman–Crippen LogP) is 14.7. The van der Waals surface area contributed by atoms with Crippen molar-refractivity contribution < 1.29 is 8.83 Å². The topological polar surface area (TPSA) is 77.8 Å². The summed E-state index contributed by atoms with van der Waals surface area (Å²) in [5.74, 6) is 1.35. The number of hydrogen-bond acceptors (Lipinski definition) is 6. The molecule has 290 valence electrons. The van der Waals surface area contributed by atoms with Crippen molar-refractivity contribution in [2.45, 2.75) is 0 Å². The number of para-hydroxylation sites is 2. The van der Waals surface area contributed by atoms with E-state index in [1.165, 1.54) is 0 Å². The van der Waals surface area contributed by atoms with Gasteiger partial charge in [-0.25, -0.2) is 19.9 Å². The number of nitrogens with zero attached hydrogens (tertiary/aromatic N) is 4. The van der Waals surface area contributed by atoms with Gasteiger partial charge in [-0.2, -0.15) is 0 Å². The van der Waals surface area contributed by atoms with E-state index in [9.17, 15) is 0 Å². The van der Waals surface area contributed by atoms with E-state index in [2.05, 4.69) is 125 Å². The maximum Gasteiger partial charge on any atom is 0.160 e. The van der Waals surface area contributed by atoms with Crippen LogP contribution in [0.1, 0.15) is 0 Å². The second-order valence-corrected chi connectivity index (χ2v) is 15.4. The lowest BCUT2D eigenvalue weighted by Crippen LogP contribution is -1.96. The number of fused-ring (bicyclic) bond motifs is 6. The summed E-state index contributed by atoms with van der Waals surface area (Å²) in [4.78, 5) is 19.5. The highest BCUT2D eigenvalue weighted by atomic mass is 16.3. The van der Waals surface area contributed by atoms with Gasteiger partial charge in [0, 0.05) is 67.3 Å². The van der Waals surface area contributed by atoms with Crippen LogP contribution in [0.2, 0.25) is 0 Å². The molecule has 12 rings (SSSR count). The van der Waals surface area contributed by atoms with Gasteiger partial charge in [0.1, 0.15) is 22.3 Å². The standard InChI is InChI=1S/C56H34N4O2/c1-3-12-37(13-4-1)47-32-48(60-56(59-47)40-28-22-35(23-29-40)41-33-57-55(58-34-41)39-14-5-2-6-15-39)38-26-24-36(25-27-38)42-30-31-44(54-53(42)46-17-8-10-20-50(46)62-54)43-18-11-21-51-52(43)45-16-7-9-19-49(45)61-51/h1-34H. The SMILES string of the molecule is c1ccc(-c2cc(-c3ccc(-c4ccc(-c5cccc6oc7ccccc7c56)c5oc6ccccc6c45)cc3)nc(-c3ccc(-c4cnc(-c5ccccc5)nc4)cc3)n2)cc1.